The number of hydrogen-bond acceptors (Lipinski definition) is 4. The molecule has 8 heteroatoms. The molecule has 1 aliphatic carbocycles. The van der Waals surface area contributed by atoms with Crippen LogP contribution < -0.4 is 10.6 Å². The molecule has 0 fully saturated rings. The molecule has 0 unspecified atom stereocenters. The van der Waals surface area contributed by atoms with Crippen molar-refractivity contribution in [3.8, 4) is 11.1 Å². The normalized spacial score (nSPS) is 13.8. The maximum Gasteiger partial charge on any atom is 0.408 e. The Labute approximate surface area is 222 Å². The van der Waals surface area contributed by atoms with Gasteiger partial charge < -0.3 is 20.8 Å². The maximum atomic E-state index is 13.4. The number of hydrogen-bond donors (Lipinski definition) is 4. The number of aliphatic hydroxyl groups is 1. The first-order chi connectivity index (χ1) is 18.2. The van der Waals surface area contributed by atoms with Gasteiger partial charge >= 0.3 is 6.09 Å². The number of nitrogens with one attached hydrogen (secondary N) is 2. The minimum absolute atomic E-state index is 0.102. The molecular weight excluding hydrogens is 482 g/mol. The maximum absolute atomic E-state index is 13.4. The highest BCUT2D eigenvalue weighted by Gasteiger charge is 2.38. The van der Waals surface area contributed by atoms with Crippen molar-refractivity contribution >= 4 is 23.6 Å². The average Bonchev–Trinajstić information content (AvgIpc) is 3.22. The zero-order valence-corrected chi connectivity index (χ0v) is 21.7. The molecule has 1 aliphatic rings. The highest BCUT2D eigenvalue weighted by Crippen LogP contribution is 2.45. The first kappa shape index (κ1) is 26.9. The van der Waals surface area contributed by atoms with Crippen molar-refractivity contribution in [3.63, 3.8) is 0 Å². The number of anilines is 1. The fourth-order valence-electron chi connectivity index (χ4n) is 5.08. The molecule has 8 nitrogen and oxygen atoms in total. The van der Waals surface area contributed by atoms with Crippen LogP contribution in [0.4, 0.5) is 10.5 Å². The summed E-state index contributed by atoms with van der Waals surface area (Å²) in [5, 5.41) is 24.9. The van der Waals surface area contributed by atoms with Gasteiger partial charge in [-0.15, -0.1) is 0 Å². The number of carbonyl (C=O) groups excluding carboxylic acids is 2. The van der Waals surface area contributed by atoms with Crippen molar-refractivity contribution in [2.75, 3.05) is 11.9 Å². The quantitative estimate of drug-likeness (QED) is 0.336. The molecule has 0 aromatic heterocycles. The van der Waals surface area contributed by atoms with Gasteiger partial charge in [0.25, 0.3) is 0 Å². The van der Waals surface area contributed by atoms with Gasteiger partial charge in [0.1, 0.15) is 12.1 Å². The van der Waals surface area contributed by atoms with E-state index in [0.717, 1.165) is 22.3 Å². The number of nitrogens with zero attached hydrogens (tertiary/aromatic N) is 1. The Hall–Kier alpha value is -4.17. The molecule has 38 heavy (non-hydrogen) atoms. The summed E-state index contributed by atoms with van der Waals surface area (Å²) < 4.78 is 0. The summed E-state index contributed by atoms with van der Waals surface area (Å²) >= 11 is 0. The van der Waals surface area contributed by atoms with Crippen LogP contribution in [-0.4, -0.2) is 51.6 Å². The number of carbonyl (C=O) groups is 3. The van der Waals surface area contributed by atoms with Gasteiger partial charge in [-0.05, 0) is 52.8 Å². The van der Waals surface area contributed by atoms with Gasteiger partial charge in [-0.25, -0.2) is 4.79 Å². The Morgan fingerprint density at radius 3 is 1.89 bits per heavy atom. The summed E-state index contributed by atoms with van der Waals surface area (Å²) in [6.45, 7) is 5.16. The lowest BCUT2D eigenvalue weighted by atomic mass is 9.94. The van der Waals surface area contributed by atoms with Crippen LogP contribution in [0.15, 0.2) is 72.8 Å². The molecule has 4 rings (SSSR count). The summed E-state index contributed by atoms with van der Waals surface area (Å²) in [5.74, 6) is -1.51. The van der Waals surface area contributed by atoms with Gasteiger partial charge in [-0.3, -0.25) is 14.5 Å². The number of rotatable bonds is 9. The van der Waals surface area contributed by atoms with Crippen LogP contribution in [0.2, 0.25) is 0 Å². The summed E-state index contributed by atoms with van der Waals surface area (Å²) in [5.41, 5.74) is 5.44. The third-order valence-electron chi connectivity index (χ3n) is 6.98. The van der Waals surface area contributed by atoms with Crippen LogP contribution in [0, 0.1) is 5.92 Å². The smallest absolute Gasteiger partial charge is 0.408 e. The lowest BCUT2D eigenvalue weighted by molar-refractivity contribution is -0.130. The molecule has 3 aromatic rings. The van der Waals surface area contributed by atoms with Gasteiger partial charge in [0.05, 0.1) is 6.61 Å². The van der Waals surface area contributed by atoms with E-state index in [0.29, 0.717) is 11.3 Å². The summed E-state index contributed by atoms with van der Waals surface area (Å²) in [6, 6.07) is 20.7. The second kappa shape index (κ2) is 11.5. The monoisotopic (exact) mass is 515 g/mol. The predicted molar refractivity (Wildman–Crippen MR) is 146 cm³/mol. The van der Waals surface area contributed by atoms with E-state index in [-0.39, 0.29) is 25.0 Å². The van der Waals surface area contributed by atoms with E-state index in [2.05, 4.69) is 10.6 Å². The molecule has 4 N–H and O–H groups in total. The zero-order valence-electron chi connectivity index (χ0n) is 21.7. The van der Waals surface area contributed by atoms with Crippen molar-refractivity contribution in [1.82, 2.24) is 10.2 Å². The lowest BCUT2D eigenvalue weighted by Gasteiger charge is -2.34. The SMILES string of the molecule is CC(C)[C@@H](C(=O)N[C@@H](C)C(=O)Nc1ccc(CO)cc1)N(CC1c2ccccc2-c2ccccc21)C(=O)O. The second-order valence-electron chi connectivity index (χ2n) is 9.93. The number of fused-ring (bicyclic) bond motifs is 3. The molecule has 0 heterocycles. The Bertz CT molecular complexity index is 1280. The van der Waals surface area contributed by atoms with Crippen molar-refractivity contribution in [1.29, 1.82) is 0 Å². The summed E-state index contributed by atoms with van der Waals surface area (Å²) in [6.07, 6.45) is -1.19. The van der Waals surface area contributed by atoms with Crippen LogP contribution in [0.1, 0.15) is 43.4 Å². The van der Waals surface area contributed by atoms with E-state index in [1.165, 1.54) is 4.90 Å². The van der Waals surface area contributed by atoms with Crippen LogP contribution in [-0.2, 0) is 16.2 Å². The molecule has 2 atom stereocenters. The summed E-state index contributed by atoms with van der Waals surface area (Å²) in [4.78, 5) is 39.9. The summed E-state index contributed by atoms with van der Waals surface area (Å²) in [7, 11) is 0. The first-order valence-electron chi connectivity index (χ1n) is 12.7. The van der Waals surface area contributed by atoms with Crippen LogP contribution in [0.5, 0.6) is 0 Å². The predicted octanol–water partition coefficient (Wildman–Crippen LogP) is 4.44. The number of amides is 3. The van der Waals surface area contributed by atoms with E-state index >= 15 is 0 Å². The molecule has 3 aromatic carbocycles. The van der Waals surface area contributed by atoms with E-state index in [4.69, 9.17) is 0 Å². The average molecular weight is 516 g/mol. The number of benzene rings is 3. The molecule has 0 spiro atoms. The molecular formula is C30H33N3O5. The molecule has 198 valence electrons. The standard InChI is InChI=1S/C30H33N3O5/c1-18(2)27(29(36)31-19(3)28(35)32-21-14-12-20(17-34)13-15-21)33(30(37)38)16-26-24-10-6-4-8-22(24)23-9-5-7-11-25(23)26/h4-15,18-19,26-27,34H,16-17H2,1-3H3,(H,31,36)(H,32,35)(H,37,38)/t19-,27-/m0/s1. The van der Waals surface area contributed by atoms with Gasteiger partial charge in [-0.2, -0.15) is 0 Å². The molecule has 0 bridgehead atoms. The zero-order chi connectivity index (χ0) is 27.4. The third kappa shape index (κ3) is 5.55. The van der Waals surface area contributed by atoms with E-state index in [1.54, 1.807) is 45.0 Å². The van der Waals surface area contributed by atoms with Crippen LogP contribution >= 0.6 is 0 Å². The molecule has 0 saturated carbocycles. The minimum Gasteiger partial charge on any atom is -0.465 e. The van der Waals surface area contributed by atoms with Gasteiger partial charge in [-0.1, -0.05) is 74.5 Å². The van der Waals surface area contributed by atoms with Crippen molar-refractivity contribution in [2.45, 2.75) is 45.4 Å². The van der Waals surface area contributed by atoms with Gasteiger partial charge in [0.2, 0.25) is 11.8 Å². The molecule has 0 aliphatic heterocycles. The Morgan fingerprint density at radius 1 is 0.842 bits per heavy atom. The van der Waals surface area contributed by atoms with Crippen molar-refractivity contribution < 1.29 is 24.6 Å². The van der Waals surface area contributed by atoms with Gasteiger partial charge in [0, 0.05) is 18.2 Å². The Morgan fingerprint density at radius 2 is 1.39 bits per heavy atom. The number of carboxylic acid groups (broad SMARTS) is 1. The Balaban J connectivity index is 1.52. The Kier molecular flexibility index (Phi) is 8.12. The number of aliphatic hydroxyl groups excluding tert-OH is 1. The highest BCUT2D eigenvalue weighted by atomic mass is 16.4. The van der Waals surface area contributed by atoms with Crippen LogP contribution in [0.25, 0.3) is 11.1 Å². The van der Waals surface area contributed by atoms with Gasteiger partial charge in [0.15, 0.2) is 0 Å². The van der Waals surface area contributed by atoms with Crippen LogP contribution in [0.3, 0.4) is 0 Å². The van der Waals surface area contributed by atoms with E-state index in [9.17, 15) is 24.6 Å². The minimum atomic E-state index is -1.19. The fourth-order valence-corrected chi connectivity index (χ4v) is 5.08. The largest absolute Gasteiger partial charge is 0.465 e. The van der Waals surface area contributed by atoms with E-state index < -0.39 is 30.0 Å². The fraction of sp³-hybridized carbons (Fsp3) is 0.300. The molecule has 0 radical (unpaired) electrons. The lowest BCUT2D eigenvalue weighted by Crippen LogP contribution is -2.56. The first-order valence-corrected chi connectivity index (χ1v) is 12.7. The highest BCUT2D eigenvalue weighted by molar-refractivity contribution is 5.98. The molecule has 0 saturated heterocycles. The molecule has 3 amide bonds. The topological polar surface area (TPSA) is 119 Å². The second-order valence-corrected chi connectivity index (χ2v) is 9.93. The van der Waals surface area contributed by atoms with Crippen molar-refractivity contribution in [3.05, 3.63) is 89.5 Å². The van der Waals surface area contributed by atoms with E-state index in [1.807, 2.05) is 48.5 Å². The van der Waals surface area contributed by atoms with Crippen molar-refractivity contribution in [2.24, 2.45) is 5.92 Å². The third-order valence-corrected chi connectivity index (χ3v) is 6.98.